The predicted molar refractivity (Wildman–Crippen MR) is 76.1 cm³/mol. The van der Waals surface area contributed by atoms with E-state index in [1.54, 1.807) is 0 Å². The number of nitrogens with zero attached hydrogens (tertiary/aromatic N) is 1. The van der Waals surface area contributed by atoms with Gasteiger partial charge in [-0.1, -0.05) is 30.3 Å². The Balaban J connectivity index is 1.83. The van der Waals surface area contributed by atoms with Gasteiger partial charge in [0.1, 0.15) is 0 Å². The van der Waals surface area contributed by atoms with Crippen LogP contribution in [0.2, 0.25) is 0 Å². The van der Waals surface area contributed by atoms with Gasteiger partial charge in [-0.15, -0.1) is 0 Å². The van der Waals surface area contributed by atoms with E-state index in [0.29, 0.717) is 6.42 Å². The van der Waals surface area contributed by atoms with E-state index in [1.807, 2.05) is 30.3 Å². The van der Waals surface area contributed by atoms with Crippen LogP contribution in [-0.4, -0.2) is 35.3 Å². The highest BCUT2D eigenvalue weighted by atomic mass is 16.2. The average molecular weight is 272 g/mol. The lowest BCUT2D eigenvalue weighted by Crippen LogP contribution is -2.54. The first-order valence-electron chi connectivity index (χ1n) is 7.32. The third kappa shape index (κ3) is 2.24. The van der Waals surface area contributed by atoms with Crippen LogP contribution in [0.3, 0.4) is 0 Å². The van der Waals surface area contributed by atoms with Crippen molar-refractivity contribution in [1.29, 1.82) is 0 Å². The lowest BCUT2D eigenvalue weighted by Gasteiger charge is -2.35. The van der Waals surface area contributed by atoms with Gasteiger partial charge in [0.2, 0.25) is 11.8 Å². The van der Waals surface area contributed by atoms with Crippen molar-refractivity contribution in [3.05, 3.63) is 35.9 Å². The quantitative estimate of drug-likeness (QED) is 0.833. The molecule has 20 heavy (non-hydrogen) atoms. The number of benzene rings is 1. The van der Waals surface area contributed by atoms with Crippen LogP contribution >= 0.6 is 0 Å². The van der Waals surface area contributed by atoms with E-state index < -0.39 is 0 Å². The molecule has 2 amide bonds. The normalized spacial score (nSPS) is 30.9. The molecular formula is C16H20N2O2. The fraction of sp³-hybridized carbons (Fsp3) is 0.500. The Morgan fingerprint density at radius 3 is 2.65 bits per heavy atom. The lowest BCUT2D eigenvalue weighted by atomic mass is 9.96. The highest BCUT2D eigenvalue weighted by molar-refractivity contribution is 6.06. The Morgan fingerprint density at radius 2 is 1.95 bits per heavy atom. The maximum Gasteiger partial charge on any atom is 0.237 e. The van der Waals surface area contributed by atoms with E-state index in [4.69, 9.17) is 0 Å². The first-order valence-corrected chi connectivity index (χ1v) is 7.32. The molecule has 3 rings (SSSR count). The molecule has 0 aromatic heterocycles. The Kier molecular flexibility index (Phi) is 3.57. The molecule has 1 N–H and O–H groups in total. The summed E-state index contributed by atoms with van der Waals surface area (Å²) in [6.45, 7) is 3.02. The molecule has 2 aliphatic rings. The monoisotopic (exact) mass is 272 g/mol. The zero-order valence-corrected chi connectivity index (χ0v) is 11.7. The minimum atomic E-state index is -0.294. The van der Waals surface area contributed by atoms with Crippen molar-refractivity contribution in [2.75, 3.05) is 6.54 Å². The van der Waals surface area contributed by atoms with Gasteiger partial charge in [-0.25, -0.2) is 0 Å². The summed E-state index contributed by atoms with van der Waals surface area (Å²) in [4.78, 5) is 26.5. The summed E-state index contributed by atoms with van der Waals surface area (Å²) in [5.74, 6) is -0.344. The van der Waals surface area contributed by atoms with Crippen LogP contribution in [0.25, 0.3) is 0 Å². The molecule has 4 heteroatoms. The number of carbonyl (C=O) groups is 2. The molecule has 4 nitrogen and oxygen atoms in total. The number of likely N-dealkylation sites (tertiary alicyclic amines) is 1. The number of hydrogen-bond donors (Lipinski definition) is 1. The lowest BCUT2D eigenvalue weighted by molar-refractivity contribution is -0.142. The molecule has 2 aliphatic heterocycles. The van der Waals surface area contributed by atoms with Crippen LogP contribution in [0.1, 0.15) is 37.7 Å². The predicted octanol–water partition coefficient (Wildman–Crippen LogP) is 1.67. The number of hydrogen-bond acceptors (Lipinski definition) is 3. The number of piperidine rings is 1. The molecule has 0 radical (unpaired) electrons. The van der Waals surface area contributed by atoms with Gasteiger partial charge in [-0.3, -0.25) is 14.5 Å². The molecule has 106 valence electrons. The summed E-state index contributed by atoms with van der Waals surface area (Å²) in [5.41, 5.74) is 0.949. The summed E-state index contributed by atoms with van der Waals surface area (Å²) in [6, 6.07) is 9.82. The summed E-state index contributed by atoms with van der Waals surface area (Å²) < 4.78 is 0. The zero-order valence-electron chi connectivity index (χ0n) is 11.7. The van der Waals surface area contributed by atoms with Crippen LogP contribution in [-0.2, 0) is 9.59 Å². The molecule has 1 aromatic carbocycles. The van der Waals surface area contributed by atoms with Crippen molar-refractivity contribution in [2.45, 2.75) is 44.2 Å². The Bertz CT molecular complexity index is 514. The fourth-order valence-corrected chi connectivity index (χ4v) is 3.32. The summed E-state index contributed by atoms with van der Waals surface area (Å²) >= 11 is 0. The maximum absolute atomic E-state index is 12.6. The van der Waals surface area contributed by atoms with Crippen molar-refractivity contribution in [2.24, 2.45) is 0 Å². The standard InChI is InChI=1S/C16H20N2O2/c1-11-14(8-5-9-17-11)18-15(19)10-13(16(18)20)12-6-3-2-4-7-12/h2-4,6-7,11,13-14,17H,5,8-10H2,1H3. The molecule has 3 unspecified atom stereocenters. The molecule has 0 bridgehead atoms. The number of imide groups is 1. The summed E-state index contributed by atoms with van der Waals surface area (Å²) in [6.07, 6.45) is 2.24. The highest BCUT2D eigenvalue weighted by Crippen LogP contribution is 2.33. The van der Waals surface area contributed by atoms with Crippen LogP contribution in [0, 0.1) is 0 Å². The first-order chi connectivity index (χ1) is 9.68. The van der Waals surface area contributed by atoms with E-state index in [9.17, 15) is 9.59 Å². The van der Waals surface area contributed by atoms with Crippen LogP contribution in [0.15, 0.2) is 30.3 Å². The first kappa shape index (κ1) is 13.3. The second-order valence-electron chi connectivity index (χ2n) is 5.72. The van der Waals surface area contributed by atoms with Crippen molar-refractivity contribution in [3.63, 3.8) is 0 Å². The van der Waals surface area contributed by atoms with Crippen LogP contribution in [0.4, 0.5) is 0 Å². The molecule has 0 spiro atoms. The molecule has 2 heterocycles. The van der Waals surface area contributed by atoms with Gasteiger partial charge in [0.05, 0.1) is 12.0 Å². The average Bonchev–Trinajstić information content (AvgIpc) is 2.76. The largest absolute Gasteiger partial charge is 0.312 e. The number of rotatable bonds is 2. The number of carbonyl (C=O) groups excluding carboxylic acids is 2. The summed E-state index contributed by atoms with van der Waals surface area (Å²) in [7, 11) is 0. The number of nitrogens with one attached hydrogen (secondary N) is 1. The topological polar surface area (TPSA) is 49.4 Å². The van der Waals surface area contributed by atoms with Crippen molar-refractivity contribution >= 4 is 11.8 Å². The van der Waals surface area contributed by atoms with Gasteiger partial charge in [-0.2, -0.15) is 0 Å². The van der Waals surface area contributed by atoms with E-state index in [2.05, 4.69) is 12.2 Å². The van der Waals surface area contributed by atoms with Crippen molar-refractivity contribution in [3.8, 4) is 0 Å². The van der Waals surface area contributed by atoms with Crippen LogP contribution in [0.5, 0.6) is 0 Å². The van der Waals surface area contributed by atoms with E-state index in [-0.39, 0.29) is 29.8 Å². The SMILES string of the molecule is CC1NCCCC1N1C(=O)CC(c2ccccc2)C1=O. The molecule has 2 fully saturated rings. The van der Waals surface area contributed by atoms with Gasteiger partial charge in [0.25, 0.3) is 0 Å². The maximum atomic E-state index is 12.6. The molecule has 3 atom stereocenters. The van der Waals surface area contributed by atoms with Gasteiger partial charge in [0, 0.05) is 12.5 Å². The smallest absolute Gasteiger partial charge is 0.237 e. The molecule has 1 aromatic rings. The minimum absolute atomic E-state index is 0.0115. The molecule has 2 saturated heterocycles. The minimum Gasteiger partial charge on any atom is -0.312 e. The second kappa shape index (κ2) is 5.37. The van der Waals surface area contributed by atoms with Crippen LogP contribution < -0.4 is 5.32 Å². The third-order valence-corrected chi connectivity index (χ3v) is 4.44. The van der Waals surface area contributed by atoms with E-state index in [1.165, 1.54) is 4.90 Å². The number of amides is 2. The van der Waals surface area contributed by atoms with Gasteiger partial charge < -0.3 is 5.32 Å². The molecule has 0 saturated carbocycles. The van der Waals surface area contributed by atoms with Gasteiger partial charge in [-0.05, 0) is 31.9 Å². The Hall–Kier alpha value is -1.68. The highest BCUT2D eigenvalue weighted by Gasteiger charge is 2.44. The van der Waals surface area contributed by atoms with Crippen molar-refractivity contribution in [1.82, 2.24) is 10.2 Å². The van der Waals surface area contributed by atoms with Gasteiger partial charge >= 0.3 is 0 Å². The second-order valence-corrected chi connectivity index (χ2v) is 5.72. The molecular weight excluding hydrogens is 252 g/mol. The third-order valence-electron chi connectivity index (χ3n) is 4.44. The van der Waals surface area contributed by atoms with Gasteiger partial charge in [0.15, 0.2) is 0 Å². The zero-order chi connectivity index (χ0) is 14.1. The Labute approximate surface area is 119 Å². The molecule has 0 aliphatic carbocycles. The van der Waals surface area contributed by atoms with Crippen molar-refractivity contribution < 1.29 is 9.59 Å². The Morgan fingerprint density at radius 1 is 1.20 bits per heavy atom. The summed E-state index contributed by atoms with van der Waals surface area (Å²) in [5, 5.41) is 3.36. The van der Waals surface area contributed by atoms with E-state index >= 15 is 0 Å². The van der Waals surface area contributed by atoms with E-state index in [0.717, 1.165) is 24.9 Å². The fourth-order valence-electron chi connectivity index (χ4n) is 3.32.